The minimum Gasteiger partial charge on any atom is -0.379 e. The Morgan fingerprint density at radius 3 is 2.76 bits per heavy atom. The number of hydrogen-bond donors (Lipinski definition) is 0. The Kier molecular flexibility index (Phi) is 5.08. The van der Waals surface area contributed by atoms with E-state index in [1.165, 1.54) is 0 Å². The quantitative estimate of drug-likeness (QED) is 0.717. The van der Waals surface area contributed by atoms with E-state index in [0.29, 0.717) is 12.0 Å². The van der Waals surface area contributed by atoms with Crippen LogP contribution >= 0.6 is 11.8 Å². The maximum absolute atomic E-state index is 13.0. The van der Waals surface area contributed by atoms with Crippen molar-refractivity contribution in [2.24, 2.45) is 10.9 Å². The Balaban J connectivity index is 1.42. The van der Waals surface area contributed by atoms with Crippen LogP contribution in [-0.4, -0.2) is 55.0 Å². The van der Waals surface area contributed by atoms with Gasteiger partial charge in [-0.2, -0.15) is 0 Å². The molecule has 1 saturated heterocycles. The first kappa shape index (κ1) is 18.7. The molecule has 6 heteroatoms. The zero-order chi connectivity index (χ0) is 19.8. The van der Waals surface area contributed by atoms with Gasteiger partial charge in [-0.05, 0) is 43.7 Å². The molecule has 1 fully saturated rings. The molecule has 1 unspecified atom stereocenters. The van der Waals surface area contributed by atoms with Crippen molar-refractivity contribution in [1.29, 1.82) is 0 Å². The van der Waals surface area contributed by atoms with Gasteiger partial charge in [0.25, 0.3) is 0 Å². The molecule has 2 aliphatic heterocycles. The molecule has 0 N–H and O–H groups in total. The summed E-state index contributed by atoms with van der Waals surface area (Å²) in [5.41, 5.74) is 3.01. The number of carbonyl (C=O) groups excluding carboxylic acids is 2. The van der Waals surface area contributed by atoms with Crippen LogP contribution in [0.1, 0.15) is 12.8 Å². The number of ether oxygens (including phenoxy) is 1. The number of thioether (sulfide) groups is 1. The molecule has 0 radical (unpaired) electrons. The van der Waals surface area contributed by atoms with E-state index in [9.17, 15) is 9.59 Å². The van der Waals surface area contributed by atoms with Crippen molar-refractivity contribution in [3.63, 3.8) is 0 Å². The fraction of sp³-hybridized carbons (Fsp3) is 0.348. The van der Waals surface area contributed by atoms with Crippen LogP contribution in [0.5, 0.6) is 0 Å². The van der Waals surface area contributed by atoms with E-state index in [1.807, 2.05) is 42.5 Å². The summed E-state index contributed by atoms with van der Waals surface area (Å²) in [5, 5.41) is 0. The lowest BCUT2D eigenvalue weighted by Crippen LogP contribution is -2.37. The van der Waals surface area contributed by atoms with Gasteiger partial charge < -0.3 is 4.74 Å². The lowest BCUT2D eigenvalue weighted by Gasteiger charge is -2.29. The van der Waals surface area contributed by atoms with Crippen molar-refractivity contribution in [3.05, 3.63) is 58.5 Å². The second-order valence-corrected chi connectivity index (χ2v) is 8.70. The Bertz CT molecular complexity index is 999. The Labute approximate surface area is 174 Å². The second kappa shape index (κ2) is 7.86. The summed E-state index contributed by atoms with van der Waals surface area (Å²) in [6.07, 6.45) is 7.40. The molecule has 1 aromatic rings. The third kappa shape index (κ3) is 3.56. The molecule has 5 rings (SSSR count). The normalized spacial score (nSPS) is 26.4. The van der Waals surface area contributed by atoms with Gasteiger partial charge >= 0.3 is 0 Å². The summed E-state index contributed by atoms with van der Waals surface area (Å²) < 4.78 is 5.39. The number of hydrogen-bond acceptors (Lipinski definition) is 6. The van der Waals surface area contributed by atoms with Gasteiger partial charge in [0.1, 0.15) is 0 Å². The van der Waals surface area contributed by atoms with E-state index in [0.717, 1.165) is 66.0 Å². The largest absolute Gasteiger partial charge is 0.379 e. The molecule has 2 heterocycles. The Hall–Kier alpha value is -2.28. The van der Waals surface area contributed by atoms with Gasteiger partial charge in [0.05, 0.1) is 24.6 Å². The Morgan fingerprint density at radius 1 is 1.14 bits per heavy atom. The summed E-state index contributed by atoms with van der Waals surface area (Å²) >= 11 is 1.55. The van der Waals surface area contributed by atoms with Crippen LogP contribution in [-0.2, 0) is 14.3 Å². The summed E-state index contributed by atoms with van der Waals surface area (Å²) in [5.74, 6) is -0.989. The van der Waals surface area contributed by atoms with Crippen molar-refractivity contribution in [3.8, 4) is 0 Å². The van der Waals surface area contributed by atoms with Crippen molar-refractivity contribution in [2.75, 3.05) is 32.8 Å². The highest BCUT2D eigenvalue weighted by Crippen LogP contribution is 2.45. The predicted molar refractivity (Wildman–Crippen MR) is 114 cm³/mol. The highest BCUT2D eigenvalue weighted by molar-refractivity contribution is 8.03. The topological polar surface area (TPSA) is 59.0 Å². The molecule has 0 aromatic heterocycles. The van der Waals surface area contributed by atoms with Crippen LogP contribution < -0.4 is 0 Å². The zero-order valence-electron chi connectivity index (χ0n) is 16.1. The highest BCUT2D eigenvalue weighted by atomic mass is 32.2. The minimum atomic E-state index is -0.363. The van der Waals surface area contributed by atoms with Crippen LogP contribution in [0.25, 0.3) is 0 Å². The molecule has 29 heavy (non-hydrogen) atoms. The van der Waals surface area contributed by atoms with E-state index in [4.69, 9.17) is 4.74 Å². The second-order valence-electron chi connectivity index (χ2n) is 7.62. The Morgan fingerprint density at radius 2 is 1.97 bits per heavy atom. The van der Waals surface area contributed by atoms with E-state index in [-0.39, 0.29) is 17.5 Å². The highest BCUT2D eigenvalue weighted by Gasteiger charge is 2.37. The van der Waals surface area contributed by atoms with Crippen LogP contribution in [0, 0.1) is 5.92 Å². The standard InChI is InChI=1S/C23H22N2O3S/c26-22-15(4-3-9-25-10-12-28-13-11-25)14-20-21(23(22)27)16-7-8-17(16)24-18-5-1-2-6-19(18)29-20/h1-2,5-8,14-15H,3-4,9-13H2/b21-16+,24-17?. The third-order valence-corrected chi connectivity index (χ3v) is 6.88. The maximum atomic E-state index is 13.0. The summed E-state index contributed by atoms with van der Waals surface area (Å²) in [6, 6.07) is 7.95. The molecule has 0 amide bonds. The van der Waals surface area contributed by atoms with Gasteiger partial charge in [-0.3, -0.25) is 14.5 Å². The number of rotatable bonds is 4. The van der Waals surface area contributed by atoms with E-state index in [1.54, 1.807) is 11.8 Å². The van der Waals surface area contributed by atoms with Gasteiger partial charge in [-0.25, -0.2) is 4.99 Å². The molecule has 2 aliphatic carbocycles. The number of carbonyl (C=O) groups is 2. The van der Waals surface area contributed by atoms with Crippen LogP contribution in [0.15, 0.2) is 68.4 Å². The predicted octanol–water partition coefficient (Wildman–Crippen LogP) is 3.50. The van der Waals surface area contributed by atoms with E-state index >= 15 is 0 Å². The molecule has 0 spiro atoms. The molecule has 0 saturated carbocycles. The van der Waals surface area contributed by atoms with Gasteiger partial charge in [-0.1, -0.05) is 30.0 Å². The number of aliphatic imine (C=N–C) groups is 1. The summed E-state index contributed by atoms with van der Waals surface area (Å²) in [6.45, 7) is 4.37. The number of fused-ring (bicyclic) bond motifs is 3. The summed E-state index contributed by atoms with van der Waals surface area (Å²) in [7, 11) is 0. The average molecular weight is 407 g/mol. The van der Waals surface area contributed by atoms with Crippen molar-refractivity contribution < 1.29 is 14.3 Å². The van der Waals surface area contributed by atoms with Crippen molar-refractivity contribution in [2.45, 2.75) is 17.7 Å². The lowest BCUT2D eigenvalue weighted by molar-refractivity contribution is -0.136. The first-order valence-corrected chi connectivity index (χ1v) is 10.9. The smallest absolute Gasteiger partial charge is 0.231 e. The number of allylic oxidation sites excluding steroid dienone is 5. The van der Waals surface area contributed by atoms with Gasteiger partial charge in [0, 0.05) is 40.0 Å². The van der Waals surface area contributed by atoms with E-state index < -0.39 is 0 Å². The van der Waals surface area contributed by atoms with Crippen molar-refractivity contribution >= 4 is 34.7 Å². The zero-order valence-corrected chi connectivity index (χ0v) is 16.9. The third-order valence-electron chi connectivity index (χ3n) is 5.76. The van der Waals surface area contributed by atoms with Gasteiger partial charge in [-0.15, -0.1) is 0 Å². The first-order valence-electron chi connectivity index (χ1n) is 10.1. The monoisotopic (exact) mass is 406 g/mol. The lowest BCUT2D eigenvalue weighted by atomic mass is 9.81. The number of ketones is 2. The minimum absolute atomic E-state index is 0.285. The molecular formula is C23H22N2O3S. The molecule has 4 aliphatic rings. The average Bonchev–Trinajstić information content (AvgIpc) is 2.72. The van der Waals surface area contributed by atoms with Gasteiger partial charge in [0.2, 0.25) is 11.6 Å². The molecule has 1 atom stereocenters. The molecule has 0 bridgehead atoms. The molecule has 5 nitrogen and oxygen atoms in total. The number of para-hydroxylation sites is 1. The number of benzene rings is 1. The number of nitrogens with zero attached hydrogens (tertiary/aromatic N) is 2. The SMILES string of the molecule is O=C1C(=O)C(CCCN2CCOCC2)C=C2Sc3ccccc3N=C3C=C/C3=C\12. The van der Waals surface area contributed by atoms with Crippen LogP contribution in [0.2, 0.25) is 0 Å². The maximum Gasteiger partial charge on any atom is 0.231 e. The number of morpholine rings is 1. The number of Topliss-reactive ketones (excluding diaryl/α,β-unsaturated/α-hetero) is 2. The van der Waals surface area contributed by atoms with Crippen LogP contribution in [0.4, 0.5) is 5.69 Å². The first-order chi connectivity index (χ1) is 14.2. The van der Waals surface area contributed by atoms with Gasteiger partial charge in [0.15, 0.2) is 0 Å². The fourth-order valence-electron chi connectivity index (χ4n) is 4.09. The molecule has 148 valence electrons. The molecular weight excluding hydrogens is 384 g/mol. The van der Waals surface area contributed by atoms with Crippen LogP contribution in [0.3, 0.4) is 0 Å². The summed E-state index contributed by atoms with van der Waals surface area (Å²) in [4.78, 5) is 34.8. The fourth-order valence-corrected chi connectivity index (χ4v) is 5.23. The van der Waals surface area contributed by atoms with Crippen molar-refractivity contribution in [1.82, 2.24) is 4.90 Å². The van der Waals surface area contributed by atoms with E-state index in [2.05, 4.69) is 9.89 Å². The molecule has 1 aromatic carbocycles.